The standard InChI is InChI=1S/C27H24N2O5/c1-3-33-27(32)29(23-7-5-4-6-8-23)26-18(2)34-28-25(26)22-15-13-21(14-16-22)20-11-9-19(10-12-20)17-24(30)31/h4-16H,3,17H2,1-2H3,(H,30,31). The van der Waals surface area contributed by atoms with Gasteiger partial charge in [0, 0.05) is 5.56 Å². The molecule has 1 aromatic heterocycles. The summed E-state index contributed by atoms with van der Waals surface area (Å²) in [5, 5.41) is 13.2. The third-order valence-electron chi connectivity index (χ3n) is 5.32. The first-order valence-corrected chi connectivity index (χ1v) is 10.9. The van der Waals surface area contributed by atoms with Gasteiger partial charge >= 0.3 is 12.1 Å². The smallest absolute Gasteiger partial charge is 0.419 e. The summed E-state index contributed by atoms with van der Waals surface area (Å²) in [5.41, 5.74) is 5.16. The summed E-state index contributed by atoms with van der Waals surface area (Å²) in [4.78, 5) is 25.3. The number of amides is 1. The van der Waals surface area contributed by atoms with Gasteiger partial charge in [0.2, 0.25) is 0 Å². The zero-order chi connectivity index (χ0) is 24.1. The normalized spacial score (nSPS) is 10.6. The van der Waals surface area contributed by atoms with Gasteiger partial charge in [-0.3, -0.25) is 4.79 Å². The van der Waals surface area contributed by atoms with Crippen LogP contribution in [-0.4, -0.2) is 28.9 Å². The molecule has 3 aromatic carbocycles. The van der Waals surface area contributed by atoms with E-state index < -0.39 is 12.1 Å². The van der Waals surface area contributed by atoms with Crippen molar-refractivity contribution < 1.29 is 24.0 Å². The number of aryl methyl sites for hydroxylation is 1. The molecule has 0 atom stereocenters. The number of carboxylic acids is 1. The number of carbonyl (C=O) groups is 2. The molecule has 34 heavy (non-hydrogen) atoms. The summed E-state index contributed by atoms with van der Waals surface area (Å²) in [5.74, 6) is -0.367. The maximum atomic E-state index is 12.9. The highest BCUT2D eigenvalue weighted by Crippen LogP contribution is 2.38. The van der Waals surface area contributed by atoms with Gasteiger partial charge in [0.1, 0.15) is 11.4 Å². The number of rotatable bonds is 7. The van der Waals surface area contributed by atoms with Crippen molar-refractivity contribution >= 4 is 23.4 Å². The van der Waals surface area contributed by atoms with Crippen LogP contribution < -0.4 is 4.90 Å². The van der Waals surface area contributed by atoms with Crippen LogP contribution in [-0.2, 0) is 16.0 Å². The van der Waals surface area contributed by atoms with Crippen LogP contribution in [0.15, 0.2) is 83.4 Å². The lowest BCUT2D eigenvalue weighted by molar-refractivity contribution is -0.136. The minimum absolute atomic E-state index is 0.00805. The average molecular weight is 456 g/mol. The number of aromatic nitrogens is 1. The van der Waals surface area contributed by atoms with Crippen LogP contribution in [0.1, 0.15) is 18.2 Å². The van der Waals surface area contributed by atoms with Crippen molar-refractivity contribution in [2.24, 2.45) is 0 Å². The molecule has 0 aliphatic carbocycles. The number of nitrogens with zero attached hydrogens (tertiary/aromatic N) is 2. The number of ether oxygens (including phenoxy) is 1. The molecule has 172 valence electrons. The molecule has 1 N–H and O–H groups in total. The molecule has 0 aliphatic rings. The second kappa shape index (κ2) is 10.0. The van der Waals surface area contributed by atoms with Crippen molar-refractivity contribution in [1.82, 2.24) is 5.16 Å². The van der Waals surface area contributed by atoms with Crippen LogP contribution in [0, 0.1) is 6.92 Å². The van der Waals surface area contributed by atoms with Crippen molar-refractivity contribution in [2.75, 3.05) is 11.5 Å². The number of hydrogen-bond donors (Lipinski definition) is 1. The van der Waals surface area contributed by atoms with E-state index in [4.69, 9.17) is 14.4 Å². The topological polar surface area (TPSA) is 92.9 Å². The minimum atomic E-state index is -0.858. The van der Waals surface area contributed by atoms with E-state index in [0.29, 0.717) is 22.8 Å². The fraction of sp³-hybridized carbons (Fsp3) is 0.148. The van der Waals surface area contributed by atoms with Gasteiger partial charge in [-0.15, -0.1) is 0 Å². The highest BCUT2D eigenvalue weighted by atomic mass is 16.6. The Hall–Kier alpha value is -4.39. The Morgan fingerprint density at radius 1 is 0.912 bits per heavy atom. The molecular weight excluding hydrogens is 432 g/mol. The summed E-state index contributed by atoms with van der Waals surface area (Å²) >= 11 is 0. The second-order valence-corrected chi connectivity index (χ2v) is 7.65. The number of aliphatic carboxylic acids is 1. The zero-order valence-corrected chi connectivity index (χ0v) is 18.9. The fourth-order valence-corrected chi connectivity index (χ4v) is 3.72. The molecule has 1 amide bonds. The molecule has 7 heteroatoms. The highest BCUT2D eigenvalue weighted by molar-refractivity contribution is 6.00. The number of benzene rings is 3. The van der Waals surface area contributed by atoms with Crippen LogP contribution in [0.5, 0.6) is 0 Å². The van der Waals surface area contributed by atoms with Gasteiger partial charge in [-0.25, -0.2) is 9.69 Å². The lowest BCUT2D eigenvalue weighted by atomic mass is 10.0. The van der Waals surface area contributed by atoms with E-state index in [-0.39, 0.29) is 13.0 Å². The molecule has 4 aromatic rings. The molecule has 7 nitrogen and oxygen atoms in total. The molecule has 0 saturated heterocycles. The predicted molar refractivity (Wildman–Crippen MR) is 129 cm³/mol. The number of carboxylic acid groups (broad SMARTS) is 1. The Kier molecular flexibility index (Phi) is 6.73. The van der Waals surface area contributed by atoms with E-state index in [1.807, 2.05) is 78.9 Å². The van der Waals surface area contributed by atoms with E-state index in [9.17, 15) is 9.59 Å². The first kappa shape index (κ1) is 22.8. The Morgan fingerprint density at radius 2 is 1.50 bits per heavy atom. The molecule has 0 saturated carbocycles. The van der Waals surface area contributed by atoms with Gasteiger partial charge in [0.15, 0.2) is 5.76 Å². The third kappa shape index (κ3) is 4.83. The Morgan fingerprint density at radius 3 is 2.09 bits per heavy atom. The molecule has 0 fully saturated rings. The lowest BCUT2D eigenvalue weighted by Crippen LogP contribution is -2.27. The van der Waals surface area contributed by atoms with Gasteiger partial charge in [0.05, 0.1) is 18.7 Å². The van der Waals surface area contributed by atoms with Gasteiger partial charge in [-0.1, -0.05) is 71.9 Å². The predicted octanol–water partition coefficient (Wildman–Crippen LogP) is 6.24. The van der Waals surface area contributed by atoms with Crippen LogP contribution in [0.3, 0.4) is 0 Å². The molecule has 1 heterocycles. The number of carbonyl (C=O) groups excluding carboxylic acids is 1. The van der Waals surface area contributed by atoms with Crippen LogP contribution in [0.25, 0.3) is 22.4 Å². The first-order chi connectivity index (χ1) is 16.5. The molecule has 4 rings (SSSR count). The van der Waals surface area contributed by atoms with Crippen molar-refractivity contribution in [1.29, 1.82) is 0 Å². The maximum absolute atomic E-state index is 12.9. The Bertz CT molecular complexity index is 1280. The zero-order valence-electron chi connectivity index (χ0n) is 18.9. The molecular formula is C27H24N2O5. The van der Waals surface area contributed by atoms with Crippen molar-refractivity contribution in [3.63, 3.8) is 0 Å². The summed E-state index contributed by atoms with van der Waals surface area (Å²) in [6.45, 7) is 3.76. The fourth-order valence-electron chi connectivity index (χ4n) is 3.72. The number of hydrogen-bond acceptors (Lipinski definition) is 5. The van der Waals surface area contributed by atoms with E-state index in [1.165, 1.54) is 4.90 Å². The van der Waals surface area contributed by atoms with Crippen molar-refractivity contribution in [3.8, 4) is 22.4 Å². The largest absolute Gasteiger partial charge is 0.481 e. The minimum Gasteiger partial charge on any atom is -0.481 e. The summed E-state index contributed by atoms with van der Waals surface area (Å²) in [7, 11) is 0. The second-order valence-electron chi connectivity index (χ2n) is 7.65. The first-order valence-electron chi connectivity index (χ1n) is 10.9. The monoisotopic (exact) mass is 456 g/mol. The van der Waals surface area contributed by atoms with E-state index >= 15 is 0 Å². The number of para-hydroxylation sites is 1. The van der Waals surface area contributed by atoms with Gasteiger partial charge in [0.25, 0.3) is 0 Å². The van der Waals surface area contributed by atoms with Gasteiger partial charge in [-0.2, -0.15) is 0 Å². The summed E-state index contributed by atoms with van der Waals surface area (Å²) < 4.78 is 10.8. The average Bonchev–Trinajstić information content (AvgIpc) is 3.21. The Balaban J connectivity index is 1.68. The van der Waals surface area contributed by atoms with Crippen molar-refractivity contribution in [3.05, 3.63) is 90.2 Å². The van der Waals surface area contributed by atoms with E-state index in [1.54, 1.807) is 13.8 Å². The lowest BCUT2D eigenvalue weighted by Gasteiger charge is -2.22. The molecule has 0 aliphatic heterocycles. The number of anilines is 2. The SMILES string of the molecule is CCOC(=O)N(c1ccccc1)c1c(-c2ccc(-c3ccc(CC(=O)O)cc3)cc2)noc1C. The van der Waals surface area contributed by atoms with E-state index in [2.05, 4.69) is 5.16 Å². The summed E-state index contributed by atoms with van der Waals surface area (Å²) in [6.07, 6.45) is -0.523. The highest BCUT2D eigenvalue weighted by Gasteiger charge is 2.28. The molecule has 0 spiro atoms. The molecule has 0 radical (unpaired) electrons. The maximum Gasteiger partial charge on any atom is 0.419 e. The van der Waals surface area contributed by atoms with Gasteiger partial charge in [-0.05, 0) is 42.7 Å². The Labute approximate surface area is 197 Å². The third-order valence-corrected chi connectivity index (χ3v) is 5.32. The summed E-state index contributed by atoms with van der Waals surface area (Å²) in [6, 6.07) is 24.4. The van der Waals surface area contributed by atoms with Crippen LogP contribution in [0.4, 0.5) is 16.2 Å². The molecule has 0 bridgehead atoms. The van der Waals surface area contributed by atoms with Crippen LogP contribution >= 0.6 is 0 Å². The van der Waals surface area contributed by atoms with Crippen molar-refractivity contribution in [2.45, 2.75) is 20.3 Å². The van der Waals surface area contributed by atoms with E-state index in [0.717, 1.165) is 22.3 Å². The van der Waals surface area contributed by atoms with Gasteiger partial charge < -0.3 is 14.4 Å². The molecule has 0 unspecified atom stereocenters. The quantitative estimate of drug-likeness (QED) is 0.354. The van der Waals surface area contributed by atoms with Crippen LogP contribution in [0.2, 0.25) is 0 Å².